The Balaban J connectivity index is 1.62. The van der Waals surface area contributed by atoms with Crippen molar-refractivity contribution < 1.29 is 13.2 Å². The van der Waals surface area contributed by atoms with Gasteiger partial charge in [0.2, 0.25) is 15.9 Å². The predicted octanol–water partition coefficient (Wildman–Crippen LogP) is 3.52. The van der Waals surface area contributed by atoms with Crippen molar-refractivity contribution in [2.45, 2.75) is 17.7 Å². The van der Waals surface area contributed by atoms with Gasteiger partial charge in [0.15, 0.2) is 0 Å². The van der Waals surface area contributed by atoms with Gasteiger partial charge >= 0.3 is 0 Å². The van der Waals surface area contributed by atoms with E-state index in [0.717, 1.165) is 0 Å². The van der Waals surface area contributed by atoms with Gasteiger partial charge in [-0.3, -0.25) is 4.79 Å². The second-order valence-corrected chi connectivity index (χ2v) is 9.64. The molecule has 1 amide bonds. The van der Waals surface area contributed by atoms with Crippen molar-refractivity contribution in [3.05, 3.63) is 50.6 Å². The Morgan fingerprint density at radius 2 is 1.69 bits per heavy atom. The fourth-order valence-electron chi connectivity index (χ4n) is 2.88. The van der Waals surface area contributed by atoms with Gasteiger partial charge < -0.3 is 4.90 Å². The quantitative estimate of drug-likeness (QED) is 0.725. The van der Waals surface area contributed by atoms with Gasteiger partial charge in [-0.25, -0.2) is 8.42 Å². The lowest BCUT2D eigenvalue weighted by molar-refractivity contribution is -0.132. The molecule has 2 heterocycles. The van der Waals surface area contributed by atoms with Crippen molar-refractivity contribution in [2.75, 3.05) is 26.2 Å². The zero-order valence-corrected chi connectivity index (χ0v) is 17.0. The summed E-state index contributed by atoms with van der Waals surface area (Å²) in [4.78, 5) is 15.2. The van der Waals surface area contributed by atoms with E-state index >= 15 is 0 Å². The molecule has 0 spiro atoms. The third kappa shape index (κ3) is 4.23. The third-order valence-corrected chi connectivity index (χ3v) is 8.06. The topological polar surface area (TPSA) is 57.7 Å². The molecule has 1 aromatic carbocycles. The van der Waals surface area contributed by atoms with Crippen LogP contribution in [0.15, 0.2) is 40.6 Å². The van der Waals surface area contributed by atoms with Crippen molar-refractivity contribution in [1.29, 1.82) is 0 Å². The molecule has 0 unspecified atom stereocenters. The number of piperazine rings is 1. The van der Waals surface area contributed by atoms with Crippen LogP contribution >= 0.6 is 34.5 Å². The molecular formula is C17H18Cl2N2O3S2. The van der Waals surface area contributed by atoms with Crippen molar-refractivity contribution in [1.82, 2.24) is 9.21 Å². The maximum atomic E-state index is 12.8. The smallest absolute Gasteiger partial charge is 0.246 e. The first-order valence-electron chi connectivity index (χ1n) is 8.14. The lowest BCUT2D eigenvalue weighted by Gasteiger charge is -2.34. The average Bonchev–Trinajstić information content (AvgIpc) is 3.13. The van der Waals surface area contributed by atoms with Crippen LogP contribution in [-0.4, -0.2) is 49.7 Å². The number of amides is 1. The van der Waals surface area contributed by atoms with Crippen molar-refractivity contribution >= 4 is 50.5 Å². The second kappa shape index (κ2) is 8.27. The van der Waals surface area contributed by atoms with Crippen LogP contribution in [0, 0.1) is 0 Å². The molecule has 2 aromatic rings. The molecule has 0 radical (unpaired) electrons. The maximum Gasteiger partial charge on any atom is 0.246 e. The molecule has 5 nitrogen and oxygen atoms in total. The average molecular weight is 433 g/mol. The first kappa shape index (κ1) is 19.6. The Morgan fingerprint density at radius 3 is 2.27 bits per heavy atom. The summed E-state index contributed by atoms with van der Waals surface area (Å²) in [5, 5.41) is 2.20. The lowest BCUT2D eigenvalue weighted by Crippen LogP contribution is -2.50. The van der Waals surface area contributed by atoms with E-state index in [1.165, 1.54) is 21.3 Å². The Labute approximate surface area is 167 Å². The number of carbonyl (C=O) groups excluding carboxylic acids is 1. The normalized spacial score (nSPS) is 16.0. The highest BCUT2D eigenvalue weighted by Crippen LogP contribution is 2.31. The fraction of sp³-hybridized carbons (Fsp3) is 0.353. The van der Waals surface area contributed by atoms with E-state index in [9.17, 15) is 13.2 Å². The summed E-state index contributed by atoms with van der Waals surface area (Å²) in [7, 11) is -3.79. The summed E-state index contributed by atoms with van der Waals surface area (Å²) in [6.45, 7) is 1.19. The number of aryl methyl sites for hydroxylation is 1. The summed E-state index contributed by atoms with van der Waals surface area (Å²) in [6.07, 6.45) is 1.15. The summed E-state index contributed by atoms with van der Waals surface area (Å²) in [5.41, 5.74) is 0. The fourth-order valence-corrected chi connectivity index (χ4v) is 6.10. The van der Waals surface area contributed by atoms with E-state index in [4.69, 9.17) is 23.2 Å². The van der Waals surface area contributed by atoms with Crippen LogP contribution in [0.2, 0.25) is 10.0 Å². The summed E-state index contributed by atoms with van der Waals surface area (Å²) < 4.78 is 27.0. The van der Waals surface area contributed by atoms with Gasteiger partial charge in [0, 0.05) is 37.5 Å². The minimum absolute atomic E-state index is 0.0474. The van der Waals surface area contributed by atoms with Gasteiger partial charge in [0.25, 0.3) is 0 Å². The number of carbonyl (C=O) groups is 1. The minimum Gasteiger partial charge on any atom is -0.340 e. The highest BCUT2D eigenvalue weighted by atomic mass is 35.5. The van der Waals surface area contributed by atoms with Gasteiger partial charge in [0.1, 0.15) is 4.90 Å². The number of benzene rings is 1. The summed E-state index contributed by atoms with van der Waals surface area (Å²) in [6, 6.07) is 8.59. The van der Waals surface area contributed by atoms with Crippen LogP contribution in [0.25, 0.3) is 0 Å². The first-order valence-corrected chi connectivity index (χ1v) is 11.2. The van der Waals surface area contributed by atoms with Gasteiger partial charge in [-0.05, 0) is 30.0 Å². The lowest BCUT2D eigenvalue weighted by atomic mass is 10.2. The molecule has 140 valence electrons. The van der Waals surface area contributed by atoms with Gasteiger partial charge in [-0.1, -0.05) is 35.3 Å². The van der Waals surface area contributed by atoms with Crippen LogP contribution in [0.1, 0.15) is 11.3 Å². The van der Waals surface area contributed by atoms with Crippen molar-refractivity contribution in [2.24, 2.45) is 0 Å². The van der Waals surface area contributed by atoms with E-state index in [-0.39, 0.29) is 33.9 Å². The van der Waals surface area contributed by atoms with Crippen LogP contribution in [0.3, 0.4) is 0 Å². The monoisotopic (exact) mass is 432 g/mol. The van der Waals surface area contributed by atoms with Crippen LogP contribution in [0.4, 0.5) is 0 Å². The zero-order valence-electron chi connectivity index (χ0n) is 13.9. The summed E-state index contributed by atoms with van der Waals surface area (Å²) >= 11 is 13.7. The van der Waals surface area contributed by atoms with E-state index in [1.54, 1.807) is 22.3 Å². The Hall–Kier alpha value is -1.12. The molecule has 0 aliphatic carbocycles. The van der Waals surface area contributed by atoms with Crippen LogP contribution in [-0.2, 0) is 21.2 Å². The standard InChI is InChI=1S/C17H18Cl2N2O3S2/c18-14-4-1-5-15(19)17(14)26(23,24)21-10-8-20(9-11-21)16(22)7-6-13-3-2-12-25-13/h1-5,12H,6-11H2. The molecule has 0 bridgehead atoms. The van der Waals surface area contributed by atoms with Crippen LogP contribution < -0.4 is 0 Å². The molecular weight excluding hydrogens is 415 g/mol. The molecule has 0 atom stereocenters. The Morgan fingerprint density at radius 1 is 1.04 bits per heavy atom. The number of hydrogen-bond donors (Lipinski definition) is 0. The molecule has 0 N–H and O–H groups in total. The van der Waals surface area contributed by atoms with Gasteiger partial charge in [-0.15, -0.1) is 11.3 Å². The maximum absolute atomic E-state index is 12.8. The molecule has 1 aliphatic rings. The highest BCUT2D eigenvalue weighted by Gasteiger charge is 2.32. The molecule has 9 heteroatoms. The minimum atomic E-state index is -3.79. The second-order valence-electron chi connectivity index (χ2n) is 5.92. The Bertz CT molecular complexity index is 857. The number of nitrogens with zero attached hydrogens (tertiary/aromatic N) is 2. The van der Waals surface area contributed by atoms with E-state index in [2.05, 4.69) is 0 Å². The number of rotatable bonds is 5. The molecule has 1 aliphatic heterocycles. The van der Waals surface area contributed by atoms with E-state index in [1.807, 2.05) is 17.5 Å². The highest BCUT2D eigenvalue weighted by molar-refractivity contribution is 7.89. The largest absolute Gasteiger partial charge is 0.340 e. The van der Waals surface area contributed by atoms with Gasteiger partial charge in [-0.2, -0.15) is 4.31 Å². The number of halogens is 2. The van der Waals surface area contributed by atoms with E-state index < -0.39 is 10.0 Å². The Kier molecular flexibility index (Phi) is 6.25. The van der Waals surface area contributed by atoms with Crippen molar-refractivity contribution in [3.8, 4) is 0 Å². The van der Waals surface area contributed by atoms with Gasteiger partial charge in [0.05, 0.1) is 10.0 Å². The SMILES string of the molecule is O=C(CCc1cccs1)N1CCN(S(=O)(=O)c2c(Cl)cccc2Cl)CC1. The van der Waals surface area contributed by atoms with Crippen LogP contribution in [0.5, 0.6) is 0 Å². The molecule has 26 heavy (non-hydrogen) atoms. The first-order chi connectivity index (χ1) is 12.4. The number of hydrogen-bond acceptors (Lipinski definition) is 4. The van der Waals surface area contributed by atoms with Crippen molar-refractivity contribution in [3.63, 3.8) is 0 Å². The zero-order chi connectivity index (χ0) is 18.7. The predicted molar refractivity (Wildman–Crippen MR) is 104 cm³/mol. The number of sulfonamides is 1. The molecule has 3 rings (SSSR count). The molecule has 0 saturated carbocycles. The molecule has 1 saturated heterocycles. The molecule has 1 fully saturated rings. The van der Waals surface area contributed by atoms with E-state index in [0.29, 0.717) is 25.9 Å². The number of thiophene rings is 1. The molecule has 1 aromatic heterocycles. The third-order valence-electron chi connectivity index (χ3n) is 4.27. The summed E-state index contributed by atoms with van der Waals surface area (Å²) in [5.74, 6) is 0.0474.